The van der Waals surface area contributed by atoms with Crippen LogP contribution in [0.5, 0.6) is 0 Å². The molecule has 0 radical (unpaired) electrons. The lowest BCUT2D eigenvalue weighted by atomic mass is 9.92. The van der Waals surface area contributed by atoms with Gasteiger partial charge in [-0.1, -0.05) is 31.0 Å². The highest BCUT2D eigenvalue weighted by molar-refractivity contribution is 5.33. The zero-order valence-electron chi connectivity index (χ0n) is 8.79. The fraction of sp³-hybridized carbons (Fsp3) is 0.538. The van der Waals surface area contributed by atoms with Gasteiger partial charge in [0.05, 0.1) is 6.61 Å². The molecule has 1 N–H and O–H groups in total. The highest BCUT2D eigenvalue weighted by Gasteiger charge is 2.18. The summed E-state index contributed by atoms with van der Waals surface area (Å²) in [5, 5.41) is 9.02. The van der Waals surface area contributed by atoms with Gasteiger partial charge < -0.3 is 5.11 Å². The van der Waals surface area contributed by atoms with Crippen molar-refractivity contribution in [3.05, 3.63) is 34.9 Å². The zero-order chi connectivity index (χ0) is 9.97. The van der Waals surface area contributed by atoms with Crippen molar-refractivity contribution >= 4 is 0 Å². The van der Waals surface area contributed by atoms with Crippen LogP contribution in [0.25, 0.3) is 0 Å². The van der Waals surface area contributed by atoms with Gasteiger partial charge in [0, 0.05) is 0 Å². The van der Waals surface area contributed by atoms with E-state index in [0.29, 0.717) is 0 Å². The highest BCUT2D eigenvalue weighted by Crippen LogP contribution is 2.35. The molecule has 1 heteroatoms. The summed E-state index contributed by atoms with van der Waals surface area (Å²) in [5.41, 5.74) is 3.88. The lowest BCUT2D eigenvalue weighted by molar-refractivity contribution is 0.281. The molecule has 2 rings (SSSR count). The molecule has 1 saturated carbocycles. The molecule has 14 heavy (non-hydrogen) atoms. The summed E-state index contributed by atoms with van der Waals surface area (Å²) < 4.78 is 0. The molecular weight excluding hydrogens is 172 g/mol. The molecule has 1 aliphatic rings. The SMILES string of the molecule is Cc1cc(CO)ccc1C1CCCC1. The van der Waals surface area contributed by atoms with E-state index >= 15 is 0 Å². The third kappa shape index (κ3) is 1.83. The first-order chi connectivity index (χ1) is 6.81. The van der Waals surface area contributed by atoms with Crippen molar-refractivity contribution in [1.82, 2.24) is 0 Å². The predicted octanol–water partition coefficient (Wildman–Crippen LogP) is 3.14. The van der Waals surface area contributed by atoms with Crippen molar-refractivity contribution in [2.75, 3.05) is 0 Å². The van der Waals surface area contributed by atoms with Gasteiger partial charge in [-0.25, -0.2) is 0 Å². The van der Waals surface area contributed by atoms with Crippen LogP contribution >= 0.6 is 0 Å². The second-order valence-corrected chi connectivity index (χ2v) is 4.33. The van der Waals surface area contributed by atoms with Crippen LogP contribution in [0, 0.1) is 6.92 Å². The summed E-state index contributed by atoms with van der Waals surface area (Å²) in [5.74, 6) is 0.780. The molecule has 1 aliphatic carbocycles. The second-order valence-electron chi connectivity index (χ2n) is 4.33. The maximum absolute atomic E-state index is 9.02. The standard InChI is InChI=1S/C13H18O/c1-10-8-11(9-14)6-7-13(10)12-4-2-3-5-12/h6-8,12,14H,2-5,9H2,1H3. The third-order valence-corrected chi connectivity index (χ3v) is 3.31. The Morgan fingerprint density at radius 1 is 1.29 bits per heavy atom. The van der Waals surface area contributed by atoms with Gasteiger partial charge in [-0.2, -0.15) is 0 Å². The highest BCUT2D eigenvalue weighted by atomic mass is 16.3. The van der Waals surface area contributed by atoms with Crippen LogP contribution in [0.1, 0.15) is 48.3 Å². The number of benzene rings is 1. The van der Waals surface area contributed by atoms with E-state index in [0.717, 1.165) is 11.5 Å². The number of hydrogen-bond acceptors (Lipinski definition) is 1. The average molecular weight is 190 g/mol. The van der Waals surface area contributed by atoms with Crippen LogP contribution in [0.2, 0.25) is 0 Å². The third-order valence-electron chi connectivity index (χ3n) is 3.31. The summed E-state index contributed by atoms with van der Waals surface area (Å²) in [6, 6.07) is 6.38. The Morgan fingerprint density at radius 3 is 2.57 bits per heavy atom. The van der Waals surface area contributed by atoms with Crippen LogP contribution in [-0.2, 0) is 6.61 Å². The van der Waals surface area contributed by atoms with E-state index in [2.05, 4.69) is 25.1 Å². The minimum atomic E-state index is 0.159. The lowest BCUT2D eigenvalue weighted by Crippen LogP contribution is -1.97. The monoisotopic (exact) mass is 190 g/mol. The number of aryl methyl sites for hydroxylation is 1. The summed E-state index contributed by atoms with van der Waals surface area (Å²) >= 11 is 0. The molecule has 1 nitrogen and oxygen atoms in total. The van der Waals surface area contributed by atoms with Gasteiger partial charge in [0.15, 0.2) is 0 Å². The molecule has 0 aliphatic heterocycles. The van der Waals surface area contributed by atoms with E-state index < -0.39 is 0 Å². The van der Waals surface area contributed by atoms with Gasteiger partial charge in [0.1, 0.15) is 0 Å². The summed E-state index contributed by atoms with van der Waals surface area (Å²) in [6.07, 6.45) is 5.45. The predicted molar refractivity (Wildman–Crippen MR) is 58.3 cm³/mol. The van der Waals surface area contributed by atoms with Gasteiger partial charge in [0.25, 0.3) is 0 Å². The second kappa shape index (κ2) is 4.14. The van der Waals surface area contributed by atoms with Crippen molar-refractivity contribution in [3.8, 4) is 0 Å². The molecule has 76 valence electrons. The van der Waals surface area contributed by atoms with Gasteiger partial charge >= 0.3 is 0 Å². The van der Waals surface area contributed by atoms with Crippen LogP contribution in [-0.4, -0.2) is 5.11 Å². The normalized spacial score (nSPS) is 17.6. The minimum absolute atomic E-state index is 0.159. The molecule has 0 amide bonds. The first kappa shape index (κ1) is 9.72. The van der Waals surface area contributed by atoms with E-state index in [1.54, 1.807) is 0 Å². The van der Waals surface area contributed by atoms with Gasteiger partial charge in [0.2, 0.25) is 0 Å². The minimum Gasteiger partial charge on any atom is -0.392 e. The summed E-state index contributed by atoms with van der Waals surface area (Å²) in [7, 11) is 0. The molecule has 1 aromatic carbocycles. The van der Waals surface area contributed by atoms with Crippen molar-refractivity contribution in [3.63, 3.8) is 0 Å². The van der Waals surface area contributed by atoms with E-state index in [1.165, 1.54) is 36.8 Å². The van der Waals surface area contributed by atoms with Gasteiger partial charge in [-0.05, 0) is 42.4 Å². The van der Waals surface area contributed by atoms with Crippen molar-refractivity contribution in [2.45, 2.75) is 45.1 Å². The van der Waals surface area contributed by atoms with E-state index in [9.17, 15) is 0 Å². The Labute approximate surface area is 85.8 Å². The molecule has 0 bridgehead atoms. The van der Waals surface area contributed by atoms with E-state index in [-0.39, 0.29) is 6.61 Å². The first-order valence-electron chi connectivity index (χ1n) is 5.51. The van der Waals surface area contributed by atoms with Crippen LogP contribution in [0.4, 0.5) is 0 Å². The Morgan fingerprint density at radius 2 is 2.00 bits per heavy atom. The topological polar surface area (TPSA) is 20.2 Å². The van der Waals surface area contributed by atoms with E-state index in [4.69, 9.17) is 5.11 Å². The van der Waals surface area contributed by atoms with E-state index in [1.807, 2.05) is 0 Å². The Balaban J connectivity index is 2.25. The Hall–Kier alpha value is -0.820. The van der Waals surface area contributed by atoms with Crippen molar-refractivity contribution in [1.29, 1.82) is 0 Å². The van der Waals surface area contributed by atoms with Crippen molar-refractivity contribution in [2.24, 2.45) is 0 Å². The molecule has 0 unspecified atom stereocenters. The molecule has 0 saturated heterocycles. The molecule has 1 aromatic rings. The number of aliphatic hydroxyl groups excluding tert-OH is 1. The molecule has 0 heterocycles. The molecule has 0 aromatic heterocycles. The number of rotatable bonds is 2. The largest absolute Gasteiger partial charge is 0.392 e. The Kier molecular flexibility index (Phi) is 2.87. The van der Waals surface area contributed by atoms with Crippen LogP contribution in [0.15, 0.2) is 18.2 Å². The van der Waals surface area contributed by atoms with Crippen LogP contribution in [0.3, 0.4) is 0 Å². The fourth-order valence-corrected chi connectivity index (χ4v) is 2.53. The quantitative estimate of drug-likeness (QED) is 0.759. The molecule has 0 atom stereocenters. The maximum Gasteiger partial charge on any atom is 0.0681 e. The summed E-state index contributed by atoms with van der Waals surface area (Å²) in [4.78, 5) is 0. The number of aliphatic hydroxyl groups is 1. The Bertz CT molecular complexity index is 311. The fourth-order valence-electron chi connectivity index (χ4n) is 2.53. The van der Waals surface area contributed by atoms with Gasteiger partial charge in [-0.3, -0.25) is 0 Å². The zero-order valence-corrected chi connectivity index (χ0v) is 8.79. The van der Waals surface area contributed by atoms with Gasteiger partial charge in [-0.15, -0.1) is 0 Å². The first-order valence-corrected chi connectivity index (χ1v) is 5.51. The van der Waals surface area contributed by atoms with Crippen molar-refractivity contribution < 1.29 is 5.11 Å². The summed E-state index contributed by atoms with van der Waals surface area (Å²) in [6.45, 7) is 2.32. The lowest BCUT2D eigenvalue weighted by Gasteiger charge is -2.13. The average Bonchev–Trinajstić information content (AvgIpc) is 2.70. The smallest absolute Gasteiger partial charge is 0.0681 e. The van der Waals surface area contributed by atoms with Crippen LogP contribution < -0.4 is 0 Å². The maximum atomic E-state index is 9.02. The molecule has 1 fully saturated rings. The molecular formula is C13H18O. The number of hydrogen-bond donors (Lipinski definition) is 1. The molecule has 0 spiro atoms.